The van der Waals surface area contributed by atoms with Gasteiger partial charge >= 0.3 is 11.4 Å². The molecule has 0 radical (unpaired) electrons. The number of carbonyl (C=O) groups is 2. The normalized spacial score (nSPS) is 24.0. The first kappa shape index (κ1) is 34.8. The third kappa shape index (κ3) is 4.55. The standard InChI is InChI=1S/C38H41N5O9/c1-19-20(2)33(46)38(4)31(23-10-9-21(44)15-28(23)50-6)22-11-14-42-35(48)41(36(49)43(42)27(22)18-37(38,3)32(19)45)13-12-24-34(47)40(5)26-17-30(52-8)29(51-7)16-25(26)39-24/h9-11,15-17,27,31,44H,12-14,18H2,1-8H3/t27-,31-,37+,38-/m1/s1. The van der Waals surface area contributed by atoms with E-state index >= 15 is 0 Å². The summed E-state index contributed by atoms with van der Waals surface area (Å²) in [6.07, 6.45) is 1.93. The predicted molar refractivity (Wildman–Crippen MR) is 190 cm³/mol. The zero-order valence-corrected chi connectivity index (χ0v) is 30.4. The summed E-state index contributed by atoms with van der Waals surface area (Å²) in [5.41, 5.74) is -0.944. The van der Waals surface area contributed by atoms with Gasteiger partial charge in [0.1, 0.15) is 17.2 Å². The second-order valence-electron chi connectivity index (χ2n) is 14.2. The van der Waals surface area contributed by atoms with Crippen molar-refractivity contribution >= 4 is 22.6 Å². The fraction of sp³-hybridized carbons (Fsp3) is 0.421. The average Bonchev–Trinajstić information content (AvgIpc) is 3.38. The molecule has 0 spiro atoms. The smallest absolute Gasteiger partial charge is 0.347 e. The number of allylic oxidation sites excluding steroid dienone is 4. The Morgan fingerprint density at radius 2 is 1.54 bits per heavy atom. The molecule has 1 N–H and O–H groups in total. The molecule has 0 amide bonds. The third-order valence-electron chi connectivity index (χ3n) is 11.9. The molecule has 14 nitrogen and oxygen atoms in total. The Bertz CT molecular complexity index is 2480. The Kier molecular flexibility index (Phi) is 8.00. The lowest BCUT2D eigenvalue weighted by Gasteiger charge is -2.58. The van der Waals surface area contributed by atoms with E-state index in [9.17, 15) is 29.1 Å². The molecule has 3 aliphatic rings. The number of hydrogen-bond acceptors (Lipinski definition) is 10. The summed E-state index contributed by atoms with van der Waals surface area (Å²) in [6.45, 7) is 6.79. The van der Waals surface area contributed by atoms with Gasteiger partial charge in [0.2, 0.25) is 0 Å². The number of phenolic OH excluding ortho intramolecular Hbond substituents is 1. The van der Waals surface area contributed by atoms with E-state index in [0.717, 1.165) is 4.57 Å². The largest absolute Gasteiger partial charge is 0.508 e. The van der Waals surface area contributed by atoms with Crippen LogP contribution in [0.25, 0.3) is 11.0 Å². The number of aromatic nitrogens is 5. The summed E-state index contributed by atoms with van der Waals surface area (Å²) in [5, 5.41) is 10.3. The molecule has 0 bridgehead atoms. The predicted octanol–water partition coefficient (Wildman–Crippen LogP) is 3.20. The van der Waals surface area contributed by atoms with Crippen molar-refractivity contribution in [3.05, 3.63) is 95.7 Å². The Hall–Kier alpha value is -5.66. The van der Waals surface area contributed by atoms with Crippen molar-refractivity contribution in [3.8, 4) is 23.0 Å². The molecule has 2 aromatic heterocycles. The molecule has 2 aromatic carbocycles. The van der Waals surface area contributed by atoms with Crippen LogP contribution in [0.15, 0.2) is 67.5 Å². The van der Waals surface area contributed by atoms with Crippen LogP contribution >= 0.6 is 0 Å². The topological polar surface area (TPSA) is 166 Å². The highest BCUT2D eigenvalue weighted by Gasteiger charge is 2.67. The number of aryl methyl sites for hydroxylation is 2. The maximum Gasteiger partial charge on any atom is 0.347 e. The van der Waals surface area contributed by atoms with Crippen LogP contribution in [-0.4, -0.2) is 61.5 Å². The van der Waals surface area contributed by atoms with E-state index in [-0.39, 0.29) is 54.5 Å². The molecule has 1 fully saturated rings. The van der Waals surface area contributed by atoms with Crippen LogP contribution in [0.5, 0.6) is 23.0 Å². The van der Waals surface area contributed by atoms with Gasteiger partial charge in [0.15, 0.2) is 23.1 Å². The summed E-state index contributed by atoms with van der Waals surface area (Å²) < 4.78 is 21.8. The van der Waals surface area contributed by atoms with Gasteiger partial charge < -0.3 is 23.9 Å². The van der Waals surface area contributed by atoms with Crippen LogP contribution < -0.4 is 31.1 Å². The molecule has 1 saturated carbocycles. The molecule has 2 aliphatic carbocycles. The van der Waals surface area contributed by atoms with Crippen molar-refractivity contribution in [2.24, 2.45) is 17.9 Å². The van der Waals surface area contributed by atoms with E-state index < -0.39 is 34.2 Å². The average molecular weight is 712 g/mol. The number of aromatic hydroxyl groups is 1. The lowest BCUT2D eigenvalue weighted by molar-refractivity contribution is -0.151. The van der Waals surface area contributed by atoms with E-state index in [0.29, 0.717) is 50.6 Å². The zero-order chi connectivity index (χ0) is 37.6. The van der Waals surface area contributed by atoms with Crippen molar-refractivity contribution in [3.63, 3.8) is 0 Å². The van der Waals surface area contributed by atoms with Gasteiger partial charge in [-0.25, -0.2) is 28.5 Å². The molecule has 1 aliphatic heterocycles. The molecule has 0 unspecified atom stereocenters. The van der Waals surface area contributed by atoms with Gasteiger partial charge in [0.25, 0.3) is 5.56 Å². The van der Waals surface area contributed by atoms with Gasteiger partial charge in [-0.05, 0) is 43.1 Å². The second kappa shape index (κ2) is 12.0. The molecule has 14 heteroatoms. The Morgan fingerprint density at radius 1 is 0.885 bits per heavy atom. The minimum atomic E-state index is -1.29. The van der Waals surface area contributed by atoms with Crippen LogP contribution in [0.1, 0.15) is 57.3 Å². The quantitative estimate of drug-likeness (QED) is 0.282. The minimum Gasteiger partial charge on any atom is -0.508 e. The van der Waals surface area contributed by atoms with Crippen molar-refractivity contribution in [1.29, 1.82) is 0 Å². The van der Waals surface area contributed by atoms with Gasteiger partial charge in [-0.3, -0.25) is 14.4 Å². The first-order valence-electron chi connectivity index (χ1n) is 17.0. The molecular formula is C38H41N5O9. The number of ketones is 2. The highest BCUT2D eigenvalue weighted by molar-refractivity contribution is 6.17. The summed E-state index contributed by atoms with van der Waals surface area (Å²) in [4.78, 5) is 75.1. The van der Waals surface area contributed by atoms with E-state index in [4.69, 9.17) is 14.2 Å². The number of Topliss-reactive ketones (excluding diaryl/α,β-unsaturated/α-hetero) is 2. The van der Waals surface area contributed by atoms with Gasteiger partial charge in [-0.1, -0.05) is 26.0 Å². The van der Waals surface area contributed by atoms with Gasteiger partial charge in [0.05, 0.1) is 50.4 Å². The first-order valence-corrected chi connectivity index (χ1v) is 17.0. The molecule has 52 heavy (non-hydrogen) atoms. The summed E-state index contributed by atoms with van der Waals surface area (Å²) in [7, 11) is 6.07. The maximum atomic E-state index is 14.5. The SMILES string of the molecule is COc1cc2nc(CCn3c(=O)n4n(c3=O)[C@@H]3C[C@@]5(C)C(=O)C(C)=C(C)C(=O)[C@@]5(C)[C@@H](c5ccc(O)cc5OC)C3=CC4)c(=O)n(C)c2cc1OC. The van der Waals surface area contributed by atoms with Crippen LogP contribution in [0, 0.1) is 10.8 Å². The third-order valence-corrected chi connectivity index (χ3v) is 11.9. The van der Waals surface area contributed by atoms with Crippen LogP contribution in [-0.2, 0) is 36.1 Å². The Morgan fingerprint density at radius 3 is 2.21 bits per heavy atom. The Balaban J connectivity index is 1.35. The van der Waals surface area contributed by atoms with Crippen molar-refractivity contribution < 1.29 is 28.9 Å². The lowest BCUT2D eigenvalue weighted by Crippen LogP contribution is -2.61. The number of benzene rings is 2. The first-order chi connectivity index (χ1) is 24.6. The second-order valence-corrected chi connectivity index (χ2v) is 14.2. The number of carbonyl (C=O) groups excluding carboxylic acids is 2. The van der Waals surface area contributed by atoms with Gasteiger partial charge in [-0.2, -0.15) is 0 Å². The van der Waals surface area contributed by atoms with Gasteiger partial charge in [0, 0.05) is 55.1 Å². The number of ether oxygens (including phenoxy) is 3. The van der Waals surface area contributed by atoms with E-state index in [2.05, 4.69) is 4.98 Å². The number of fused-ring (bicyclic) bond motifs is 5. The number of methoxy groups -OCH3 is 3. The fourth-order valence-corrected chi connectivity index (χ4v) is 8.81. The molecule has 3 heterocycles. The van der Waals surface area contributed by atoms with Gasteiger partial charge in [-0.15, -0.1) is 0 Å². The van der Waals surface area contributed by atoms with Crippen LogP contribution in [0.4, 0.5) is 0 Å². The van der Waals surface area contributed by atoms with Crippen LogP contribution in [0.2, 0.25) is 0 Å². The molecule has 272 valence electrons. The summed E-state index contributed by atoms with van der Waals surface area (Å²) in [5.74, 6) is 0.0413. The number of rotatable bonds is 7. The van der Waals surface area contributed by atoms with E-state index in [1.54, 1.807) is 52.9 Å². The minimum absolute atomic E-state index is 0.0134. The van der Waals surface area contributed by atoms with Crippen molar-refractivity contribution in [1.82, 2.24) is 23.5 Å². The van der Waals surface area contributed by atoms with Crippen molar-refractivity contribution in [2.75, 3.05) is 21.3 Å². The fourth-order valence-electron chi connectivity index (χ4n) is 8.81. The molecular weight excluding hydrogens is 670 g/mol. The number of nitrogens with zero attached hydrogens (tertiary/aromatic N) is 5. The number of hydrogen-bond donors (Lipinski definition) is 1. The highest BCUT2D eigenvalue weighted by atomic mass is 16.5. The summed E-state index contributed by atoms with van der Waals surface area (Å²) >= 11 is 0. The zero-order valence-electron chi connectivity index (χ0n) is 30.4. The van der Waals surface area contributed by atoms with Crippen LogP contribution in [0.3, 0.4) is 0 Å². The monoisotopic (exact) mass is 711 g/mol. The molecule has 0 saturated heterocycles. The molecule has 7 rings (SSSR count). The Labute approximate surface area is 298 Å². The maximum absolute atomic E-state index is 14.5. The van der Waals surface area contributed by atoms with Crippen molar-refractivity contribution in [2.45, 2.75) is 65.6 Å². The number of phenols is 1. The highest BCUT2D eigenvalue weighted by Crippen LogP contribution is 2.66. The molecule has 4 atom stereocenters. The molecule has 4 aromatic rings. The lowest BCUT2D eigenvalue weighted by atomic mass is 9.43. The van der Waals surface area contributed by atoms with E-state index in [1.165, 1.54) is 47.4 Å². The van der Waals surface area contributed by atoms with E-state index in [1.807, 2.05) is 6.08 Å². The summed E-state index contributed by atoms with van der Waals surface area (Å²) in [6, 6.07) is 7.20.